The minimum atomic E-state index is -0.197. The summed E-state index contributed by atoms with van der Waals surface area (Å²) in [6, 6.07) is 7.09. The van der Waals surface area contributed by atoms with E-state index in [2.05, 4.69) is 25.9 Å². The SMILES string of the molecule is Cn1cc(CN2CCOCC2c2ccn[nH]2)c2cc(F)ccc21. The molecular formula is C17H19FN4O. The highest BCUT2D eigenvalue weighted by Crippen LogP contribution is 2.28. The van der Waals surface area contributed by atoms with Crippen molar-refractivity contribution in [3.63, 3.8) is 0 Å². The Morgan fingerprint density at radius 1 is 1.39 bits per heavy atom. The normalized spacial score (nSPS) is 19.5. The van der Waals surface area contributed by atoms with Crippen molar-refractivity contribution in [1.82, 2.24) is 19.7 Å². The van der Waals surface area contributed by atoms with Crippen molar-refractivity contribution < 1.29 is 9.13 Å². The number of nitrogens with zero attached hydrogens (tertiary/aromatic N) is 3. The van der Waals surface area contributed by atoms with Crippen LogP contribution >= 0.6 is 0 Å². The largest absolute Gasteiger partial charge is 0.378 e. The predicted molar refractivity (Wildman–Crippen MR) is 85.4 cm³/mol. The van der Waals surface area contributed by atoms with Gasteiger partial charge in [-0.2, -0.15) is 5.10 Å². The summed E-state index contributed by atoms with van der Waals surface area (Å²) >= 11 is 0. The van der Waals surface area contributed by atoms with Crippen LogP contribution in [0.15, 0.2) is 36.7 Å². The number of fused-ring (bicyclic) bond motifs is 1. The lowest BCUT2D eigenvalue weighted by atomic mass is 10.1. The first-order chi connectivity index (χ1) is 11.2. The zero-order chi connectivity index (χ0) is 15.8. The van der Waals surface area contributed by atoms with Crippen LogP contribution in [0.5, 0.6) is 0 Å². The second-order valence-electron chi connectivity index (χ2n) is 6.00. The number of aromatic amines is 1. The predicted octanol–water partition coefficient (Wildman–Crippen LogP) is 2.61. The summed E-state index contributed by atoms with van der Waals surface area (Å²) in [6.45, 7) is 2.95. The minimum absolute atomic E-state index is 0.148. The molecule has 0 amide bonds. The van der Waals surface area contributed by atoms with E-state index in [1.54, 1.807) is 12.3 Å². The van der Waals surface area contributed by atoms with E-state index >= 15 is 0 Å². The number of H-pyrrole nitrogens is 1. The van der Waals surface area contributed by atoms with Crippen molar-refractivity contribution in [2.24, 2.45) is 7.05 Å². The number of halogens is 1. The number of hydrogen-bond acceptors (Lipinski definition) is 3. The first kappa shape index (κ1) is 14.4. The summed E-state index contributed by atoms with van der Waals surface area (Å²) in [5.41, 5.74) is 3.23. The molecule has 1 aromatic carbocycles. The van der Waals surface area contributed by atoms with Gasteiger partial charge in [-0.3, -0.25) is 10.00 Å². The molecular weight excluding hydrogens is 295 g/mol. The van der Waals surface area contributed by atoms with Crippen LogP contribution in [-0.2, 0) is 18.3 Å². The Hall–Kier alpha value is -2.18. The monoisotopic (exact) mass is 314 g/mol. The Kier molecular flexibility index (Phi) is 3.63. The molecule has 23 heavy (non-hydrogen) atoms. The van der Waals surface area contributed by atoms with E-state index in [9.17, 15) is 4.39 Å². The molecule has 0 bridgehead atoms. The Labute approximate surface area is 133 Å². The zero-order valence-electron chi connectivity index (χ0n) is 13.0. The lowest BCUT2D eigenvalue weighted by molar-refractivity contribution is -0.0141. The first-order valence-electron chi connectivity index (χ1n) is 7.77. The van der Waals surface area contributed by atoms with Crippen LogP contribution in [0.4, 0.5) is 4.39 Å². The fourth-order valence-electron chi connectivity index (χ4n) is 3.36. The smallest absolute Gasteiger partial charge is 0.123 e. The lowest BCUT2D eigenvalue weighted by Gasteiger charge is -2.34. The highest BCUT2D eigenvalue weighted by molar-refractivity contribution is 5.84. The van der Waals surface area contributed by atoms with Crippen LogP contribution in [-0.4, -0.2) is 39.4 Å². The third-order valence-electron chi connectivity index (χ3n) is 4.53. The minimum Gasteiger partial charge on any atom is -0.378 e. The van der Waals surface area contributed by atoms with Gasteiger partial charge in [-0.05, 0) is 29.8 Å². The van der Waals surface area contributed by atoms with Crippen LogP contribution in [0.2, 0.25) is 0 Å². The Balaban J connectivity index is 1.67. The molecule has 2 aromatic heterocycles. The van der Waals surface area contributed by atoms with E-state index < -0.39 is 0 Å². The number of aryl methyl sites for hydroxylation is 1. The average molecular weight is 314 g/mol. The molecule has 3 heterocycles. The van der Waals surface area contributed by atoms with E-state index in [1.165, 1.54) is 6.07 Å². The van der Waals surface area contributed by atoms with Gasteiger partial charge in [0.25, 0.3) is 0 Å². The summed E-state index contributed by atoms with van der Waals surface area (Å²) in [4.78, 5) is 2.36. The van der Waals surface area contributed by atoms with Gasteiger partial charge in [-0.1, -0.05) is 0 Å². The zero-order valence-corrected chi connectivity index (χ0v) is 13.0. The number of benzene rings is 1. The second-order valence-corrected chi connectivity index (χ2v) is 6.00. The van der Waals surface area contributed by atoms with Gasteiger partial charge in [0.05, 0.1) is 24.9 Å². The Bertz CT molecular complexity index is 811. The van der Waals surface area contributed by atoms with Crippen molar-refractivity contribution in [1.29, 1.82) is 0 Å². The number of rotatable bonds is 3. The topological polar surface area (TPSA) is 46.1 Å². The number of aromatic nitrogens is 3. The van der Waals surface area contributed by atoms with Gasteiger partial charge in [0.15, 0.2) is 0 Å². The van der Waals surface area contributed by atoms with Crippen molar-refractivity contribution in [2.75, 3.05) is 19.8 Å². The van der Waals surface area contributed by atoms with Crippen LogP contribution < -0.4 is 0 Å². The quantitative estimate of drug-likeness (QED) is 0.808. The third kappa shape index (κ3) is 2.64. The molecule has 4 rings (SSSR count). The van der Waals surface area contributed by atoms with Gasteiger partial charge in [0.2, 0.25) is 0 Å². The maximum absolute atomic E-state index is 13.6. The van der Waals surface area contributed by atoms with Crippen molar-refractivity contribution in [3.05, 3.63) is 53.7 Å². The van der Waals surface area contributed by atoms with Gasteiger partial charge in [-0.25, -0.2) is 4.39 Å². The van der Waals surface area contributed by atoms with Crippen molar-refractivity contribution in [3.8, 4) is 0 Å². The van der Waals surface area contributed by atoms with Crippen LogP contribution in [0.1, 0.15) is 17.3 Å². The van der Waals surface area contributed by atoms with Gasteiger partial charge >= 0.3 is 0 Å². The van der Waals surface area contributed by atoms with E-state index in [0.717, 1.165) is 35.2 Å². The number of nitrogens with one attached hydrogen (secondary N) is 1. The molecule has 1 fully saturated rings. The third-order valence-corrected chi connectivity index (χ3v) is 4.53. The van der Waals surface area contributed by atoms with Gasteiger partial charge < -0.3 is 9.30 Å². The van der Waals surface area contributed by atoms with Gasteiger partial charge in [-0.15, -0.1) is 0 Å². The van der Waals surface area contributed by atoms with E-state index in [0.29, 0.717) is 13.2 Å². The molecule has 1 aliphatic rings. The Morgan fingerprint density at radius 2 is 2.30 bits per heavy atom. The summed E-state index contributed by atoms with van der Waals surface area (Å²) < 4.78 is 21.3. The number of hydrogen-bond donors (Lipinski definition) is 1. The number of ether oxygens (including phenoxy) is 1. The van der Waals surface area contributed by atoms with Crippen LogP contribution in [0.25, 0.3) is 10.9 Å². The maximum atomic E-state index is 13.6. The highest BCUT2D eigenvalue weighted by Gasteiger charge is 2.26. The molecule has 0 saturated carbocycles. The van der Waals surface area contributed by atoms with Crippen molar-refractivity contribution in [2.45, 2.75) is 12.6 Å². The summed E-state index contributed by atoms with van der Waals surface area (Å²) in [6.07, 6.45) is 3.85. The van der Waals surface area contributed by atoms with Crippen LogP contribution in [0.3, 0.4) is 0 Å². The molecule has 1 saturated heterocycles. The molecule has 5 nitrogen and oxygen atoms in total. The summed E-state index contributed by atoms with van der Waals surface area (Å²) in [7, 11) is 2.00. The Morgan fingerprint density at radius 3 is 3.13 bits per heavy atom. The molecule has 1 aliphatic heterocycles. The summed E-state index contributed by atoms with van der Waals surface area (Å²) in [5, 5.41) is 8.06. The molecule has 1 unspecified atom stereocenters. The highest BCUT2D eigenvalue weighted by atomic mass is 19.1. The fourth-order valence-corrected chi connectivity index (χ4v) is 3.36. The summed E-state index contributed by atoms with van der Waals surface area (Å²) in [5.74, 6) is -0.197. The molecule has 1 atom stereocenters. The molecule has 120 valence electrons. The molecule has 0 radical (unpaired) electrons. The number of morpholine rings is 1. The average Bonchev–Trinajstić information content (AvgIpc) is 3.17. The molecule has 1 N–H and O–H groups in total. The lowest BCUT2D eigenvalue weighted by Crippen LogP contribution is -2.39. The van der Waals surface area contributed by atoms with Crippen molar-refractivity contribution >= 4 is 10.9 Å². The van der Waals surface area contributed by atoms with E-state index in [1.807, 2.05) is 19.2 Å². The molecule has 3 aromatic rings. The van der Waals surface area contributed by atoms with E-state index in [4.69, 9.17) is 4.74 Å². The first-order valence-corrected chi connectivity index (χ1v) is 7.77. The second kappa shape index (κ2) is 5.79. The van der Waals surface area contributed by atoms with Gasteiger partial charge in [0.1, 0.15) is 5.82 Å². The standard InChI is InChI=1S/C17H19FN4O/c1-21-9-12(14-8-13(18)2-3-16(14)21)10-22-6-7-23-11-17(22)15-4-5-19-20-15/h2-5,8-9,17H,6-7,10-11H2,1H3,(H,19,20). The van der Waals surface area contributed by atoms with Crippen LogP contribution in [0, 0.1) is 5.82 Å². The maximum Gasteiger partial charge on any atom is 0.123 e. The molecule has 6 heteroatoms. The molecule has 0 spiro atoms. The molecule has 0 aliphatic carbocycles. The van der Waals surface area contributed by atoms with E-state index in [-0.39, 0.29) is 11.9 Å². The fraction of sp³-hybridized carbons (Fsp3) is 0.353. The van der Waals surface area contributed by atoms with Gasteiger partial charge in [0, 0.05) is 43.4 Å².